The molecule has 68 valence electrons. The summed E-state index contributed by atoms with van der Waals surface area (Å²) in [6.07, 6.45) is 1.13. The maximum atomic E-state index is 13.1. The van der Waals surface area contributed by atoms with Crippen LogP contribution in [0.3, 0.4) is 0 Å². The number of halogens is 2. The molecular formula is C9H6F2O2. The summed E-state index contributed by atoms with van der Waals surface area (Å²) in [4.78, 5) is 10.4. The number of aromatic carboxylic acids is 1. The molecule has 0 fully saturated rings. The van der Waals surface area contributed by atoms with Gasteiger partial charge < -0.3 is 5.11 Å². The van der Waals surface area contributed by atoms with Crippen LogP contribution in [0.2, 0.25) is 0 Å². The van der Waals surface area contributed by atoms with Crippen molar-refractivity contribution in [1.82, 2.24) is 0 Å². The Labute approximate surface area is 73.1 Å². The van der Waals surface area contributed by atoms with Crippen LogP contribution in [0.15, 0.2) is 18.7 Å². The zero-order valence-corrected chi connectivity index (χ0v) is 6.55. The fourth-order valence-electron chi connectivity index (χ4n) is 0.922. The average Bonchev–Trinajstić information content (AvgIpc) is 2.04. The number of carbonyl (C=O) groups is 1. The molecule has 0 aliphatic heterocycles. The normalized spacial score (nSPS) is 9.69. The summed E-state index contributed by atoms with van der Waals surface area (Å²) < 4.78 is 25.9. The minimum Gasteiger partial charge on any atom is -0.477 e. The van der Waals surface area contributed by atoms with Gasteiger partial charge in [0, 0.05) is 5.56 Å². The quantitative estimate of drug-likeness (QED) is 0.765. The molecule has 0 bridgehead atoms. The first kappa shape index (κ1) is 9.38. The third-order valence-electron chi connectivity index (χ3n) is 1.55. The zero-order valence-electron chi connectivity index (χ0n) is 6.55. The SMILES string of the molecule is C=Cc1ccc(F)c(C(=O)O)c1F. The van der Waals surface area contributed by atoms with Gasteiger partial charge in [-0.1, -0.05) is 12.7 Å². The summed E-state index contributed by atoms with van der Waals surface area (Å²) in [6, 6.07) is 2.02. The highest BCUT2D eigenvalue weighted by molar-refractivity contribution is 5.89. The van der Waals surface area contributed by atoms with E-state index in [0.717, 1.165) is 18.2 Å². The number of hydrogen-bond donors (Lipinski definition) is 1. The molecule has 0 aromatic heterocycles. The van der Waals surface area contributed by atoms with Crippen molar-refractivity contribution in [2.75, 3.05) is 0 Å². The number of carboxylic acid groups (broad SMARTS) is 1. The molecule has 13 heavy (non-hydrogen) atoms. The molecule has 0 aliphatic carbocycles. The molecule has 0 amide bonds. The molecule has 0 heterocycles. The molecule has 0 spiro atoms. The number of hydrogen-bond acceptors (Lipinski definition) is 1. The third-order valence-corrected chi connectivity index (χ3v) is 1.55. The minimum atomic E-state index is -1.63. The predicted octanol–water partition coefficient (Wildman–Crippen LogP) is 2.31. The lowest BCUT2D eigenvalue weighted by Crippen LogP contribution is -2.05. The molecule has 0 saturated heterocycles. The monoisotopic (exact) mass is 184 g/mol. The van der Waals surface area contributed by atoms with E-state index in [1.54, 1.807) is 0 Å². The lowest BCUT2D eigenvalue weighted by molar-refractivity contribution is 0.0686. The van der Waals surface area contributed by atoms with Gasteiger partial charge in [0.2, 0.25) is 0 Å². The van der Waals surface area contributed by atoms with E-state index in [-0.39, 0.29) is 5.56 Å². The first-order valence-electron chi connectivity index (χ1n) is 3.41. The van der Waals surface area contributed by atoms with Crippen LogP contribution in [-0.2, 0) is 0 Å². The number of carboxylic acids is 1. The molecule has 1 aromatic rings. The predicted molar refractivity (Wildman–Crippen MR) is 43.4 cm³/mol. The fraction of sp³-hybridized carbons (Fsp3) is 0. The summed E-state index contributed by atoms with van der Waals surface area (Å²) in [5, 5.41) is 8.45. The van der Waals surface area contributed by atoms with Gasteiger partial charge in [-0.05, 0) is 12.1 Å². The molecule has 0 unspecified atom stereocenters. The molecule has 2 nitrogen and oxygen atoms in total. The van der Waals surface area contributed by atoms with Gasteiger partial charge in [-0.15, -0.1) is 0 Å². The van der Waals surface area contributed by atoms with Crippen LogP contribution in [-0.4, -0.2) is 11.1 Å². The Kier molecular flexibility index (Phi) is 2.41. The van der Waals surface area contributed by atoms with Crippen LogP contribution in [0, 0.1) is 11.6 Å². The van der Waals surface area contributed by atoms with Gasteiger partial charge in [-0.3, -0.25) is 0 Å². The molecule has 0 radical (unpaired) electrons. The second-order valence-corrected chi connectivity index (χ2v) is 2.33. The highest BCUT2D eigenvalue weighted by Crippen LogP contribution is 2.17. The standard InChI is InChI=1S/C9H6F2O2/c1-2-5-3-4-6(10)7(8(5)11)9(12)13/h2-4H,1H2,(H,12,13). The van der Waals surface area contributed by atoms with Gasteiger partial charge in [0.1, 0.15) is 17.2 Å². The zero-order chi connectivity index (χ0) is 10.0. The van der Waals surface area contributed by atoms with Crippen molar-refractivity contribution in [3.63, 3.8) is 0 Å². The Balaban J connectivity index is 3.47. The van der Waals surface area contributed by atoms with E-state index >= 15 is 0 Å². The Morgan fingerprint density at radius 1 is 1.46 bits per heavy atom. The van der Waals surface area contributed by atoms with Crippen molar-refractivity contribution in [3.8, 4) is 0 Å². The largest absolute Gasteiger partial charge is 0.477 e. The highest BCUT2D eigenvalue weighted by Gasteiger charge is 2.18. The summed E-state index contributed by atoms with van der Waals surface area (Å²) in [5.41, 5.74) is -0.976. The second kappa shape index (κ2) is 3.35. The molecule has 1 rings (SSSR count). The van der Waals surface area contributed by atoms with Gasteiger partial charge in [-0.25, -0.2) is 13.6 Å². The first-order chi connectivity index (χ1) is 6.07. The molecule has 0 atom stereocenters. The molecule has 1 aromatic carbocycles. The topological polar surface area (TPSA) is 37.3 Å². The van der Waals surface area contributed by atoms with E-state index < -0.39 is 23.2 Å². The first-order valence-corrected chi connectivity index (χ1v) is 3.41. The smallest absolute Gasteiger partial charge is 0.341 e. The Bertz CT molecular complexity index is 372. The molecule has 0 saturated carbocycles. The third kappa shape index (κ3) is 1.56. The summed E-state index contributed by atoms with van der Waals surface area (Å²) in [7, 11) is 0. The van der Waals surface area contributed by atoms with Gasteiger partial charge in [-0.2, -0.15) is 0 Å². The van der Waals surface area contributed by atoms with Gasteiger partial charge in [0.15, 0.2) is 0 Å². The fourth-order valence-corrected chi connectivity index (χ4v) is 0.922. The van der Waals surface area contributed by atoms with Gasteiger partial charge in [0.05, 0.1) is 0 Å². The van der Waals surface area contributed by atoms with E-state index in [9.17, 15) is 13.6 Å². The number of benzene rings is 1. The highest BCUT2D eigenvalue weighted by atomic mass is 19.1. The van der Waals surface area contributed by atoms with Crippen LogP contribution < -0.4 is 0 Å². The maximum Gasteiger partial charge on any atom is 0.341 e. The molecule has 0 aliphatic rings. The number of rotatable bonds is 2. The van der Waals surface area contributed by atoms with Crippen LogP contribution in [0.25, 0.3) is 6.08 Å². The van der Waals surface area contributed by atoms with E-state index in [2.05, 4.69) is 6.58 Å². The van der Waals surface area contributed by atoms with Gasteiger partial charge >= 0.3 is 5.97 Å². The lowest BCUT2D eigenvalue weighted by atomic mass is 10.1. The van der Waals surface area contributed by atoms with Crippen molar-refractivity contribution in [1.29, 1.82) is 0 Å². The Hall–Kier alpha value is -1.71. The van der Waals surface area contributed by atoms with Crippen LogP contribution in [0.1, 0.15) is 15.9 Å². The van der Waals surface area contributed by atoms with E-state index in [1.165, 1.54) is 0 Å². The van der Waals surface area contributed by atoms with Crippen LogP contribution in [0.4, 0.5) is 8.78 Å². The van der Waals surface area contributed by atoms with Crippen LogP contribution in [0.5, 0.6) is 0 Å². The lowest BCUT2D eigenvalue weighted by Gasteiger charge is -2.01. The second-order valence-electron chi connectivity index (χ2n) is 2.33. The van der Waals surface area contributed by atoms with Crippen molar-refractivity contribution in [3.05, 3.63) is 41.5 Å². The van der Waals surface area contributed by atoms with Crippen molar-refractivity contribution in [2.24, 2.45) is 0 Å². The average molecular weight is 184 g/mol. The maximum absolute atomic E-state index is 13.1. The molecular weight excluding hydrogens is 178 g/mol. The van der Waals surface area contributed by atoms with E-state index in [0.29, 0.717) is 0 Å². The summed E-state index contributed by atoms with van der Waals surface area (Å²) in [6.45, 7) is 3.27. The van der Waals surface area contributed by atoms with Crippen molar-refractivity contribution in [2.45, 2.75) is 0 Å². The minimum absolute atomic E-state index is 0.0289. The Morgan fingerprint density at radius 2 is 2.08 bits per heavy atom. The molecule has 1 N–H and O–H groups in total. The Morgan fingerprint density at radius 3 is 2.54 bits per heavy atom. The summed E-state index contributed by atoms with van der Waals surface area (Å²) >= 11 is 0. The van der Waals surface area contributed by atoms with Gasteiger partial charge in [0.25, 0.3) is 0 Å². The molecule has 4 heteroatoms. The van der Waals surface area contributed by atoms with Crippen LogP contribution >= 0.6 is 0 Å². The van der Waals surface area contributed by atoms with E-state index in [4.69, 9.17) is 5.11 Å². The van der Waals surface area contributed by atoms with E-state index in [1.807, 2.05) is 0 Å². The van der Waals surface area contributed by atoms with Crippen molar-refractivity contribution >= 4 is 12.0 Å². The summed E-state index contributed by atoms with van der Waals surface area (Å²) in [5.74, 6) is -3.81. The van der Waals surface area contributed by atoms with Crippen molar-refractivity contribution < 1.29 is 18.7 Å².